The number of aromatic nitrogens is 3. The zero-order valence-electron chi connectivity index (χ0n) is 19.7. The highest BCUT2D eigenvalue weighted by Crippen LogP contribution is 2.29. The van der Waals surface area contributed by atoms with E-state index in [-0.39, 0.29) is 23.7 Å². The Morgan fingerprint density at radius 1 is 1.12 bits per heavy atom. The van der Waals surface area contributed by atoms with Crippen LogP contribution in [0.1, 0.15) is 43.5 Å². The molecule has 1 aromatic heterocycles. The van der Waals surface area contributed by atoms with Crippen LogP contribution >= 0.6 is 0 Å². The highest BCUT2D eigenvalue weighted by molar-refractivity contribution is 5.83. The Balaban J connectivity index is 1.50. The first-order valence-corrected chi connectivity index (χ1v) is 11.7. The molecule has 0 saturated heterocycles. The Kier molecular flexibility index (Phi) is 7.40. The molecule has 8 nitrogen and oxygen atoms in total. The summed E-state index contributed by atoms with van der Waals surface area (Å²) in [5.74, 6) is -0.0229. The topological polar surface area (TPSA) is 98.2 Å². The second kappa shape index (κ2) is 10.6. The van der Waals surface area contributed by atoms with Crippen molar-refractivity contribution < 1.29 is 4.79 Å². The van der Waals surface area contributed by atoms with E-state index in [1.165, 1.54) is 10.3 Å². The van der Waals surface area contributed by atoms with Gasteiger partial charge in [0.25, 0.3) is 0 Å². The summed E-state index contributed by atoms with van der Waals surface area (Å²) in [5, 5.41) is 7.14. The number of carbonyl (C=O) groups is 1. The number of nitrogens with zero attached hydrogens (tertiary/aromatic N) is 4. The Morgan fingerprint density at radius 2 is 1.85 bits per heavy atom. The predicted molar refractivity (Wildman–Crippen MR) is 134 cm³/mol. The molecule has 178 valence electrons. The van der Waals surface area contributed by atoms with Gasteiger partial charge in [0.05, 0.1) is 11.7 Å². The minimum atomic E-state index is -0.350. The fourth-order valence-corrected chi connectivity index (χ4v) is 4.32. The first-order chi connectivity index (χ1) is 16.5. The van der Waals surface area contributed by atoms with Gasteiger partial charge in [0.15, 0.2) is 0 Å². The molecule has 2 heterocycles. The van der Waals surface area contributed by atoms with Crippen molar-refractivity contribution >= 4 is 11.5 Å². The van der Waals surface area contributed by atoms with E-state index in [2.05, 4.69) is 21.4 Å². The number of benzene rings is 2. The summed E-state index contributed by atoms with van der Waals surface area (Å²) in [7, 11) is 0. The van der Waals surface area contributed by atoms with Crippen LogP contribution in [0.3, 0.4) is 0 Å². The molecule has 4 rings (SSSR count). The summed E-state index contributed by atoms with van der Waals surface area (Å²) < 4.78 is 3.03. The van der Waals surface area contributed by atoms with Gasteiger partial charge in [0.2, 0.25) is 5.91 Å². The van der Waals surface area contributed by atoms with Crippen molar-refractivity contribution in [3.63, 3.8) is 0 Å². The normalized spacial score (nSPS) is 15.2. The average Bonchev–Trinajstić information content (AvgIpc) is 3.25. The zero-order valence-corrected chi connectivity index (χ0v) is 19.7. The molecule has 0 fully saturated rings. The Hall–Kier alpha value is -3.49. The highest BCUT2D eigenvalue weighted by Gasteiger charge is 2.28. The fourth-order valence-electron chi connectivity index (χ4n) is 4.32. The molecule has 0 radical (unpaired) electrons. The quantitative estimate of drug-likeness (QED) is 0.538. The van der Waals surface area contributed by atoms with Crippen LogP contribution in [0.15, 0.2) is 71.8 Å². The van der Waals surface area contributed by atoms with Gasteiger partial charge in [-0.15, -0.1) is 0 Å². The van der Waals surface area contributed by atoms with Crippen molar-refractivity contribution in [2.45, 2.75) is 32.4 Å². The Bertz CT molecular complexity index is 1190. The minimum absolute atomic E-state index is 0.0143. The van der Waals surface area contributed by atoms with E-state index in [4.69, 9.17) is 5.73 Å². The number of nitrogens with two attached hydrogens (primary N) is 1. The number of nitrogens with one attached hydrogen (secondary N) is 1. The average molecular weight is 461 g/mol. The van der Waals surface area contributed by atoms with Crippen molar-refractivity contribution in [1.29, 1.82) is 0 Å². The van der Waals surface area contributed by atoms with Crippen molar-refractivity contribution in [2.75, 3.05) is 26.2 Å². The molecule has 8 heteroatoms. The van der Waals surface area contributed by atoms with Crippen molar-refractivity contribution in [3.8, 4) is 5.69 Å². The minimum Gasteiger partial charge on any atom is -0.353 e. The molecular weight excluding hydrogens is 428 g/mol. The van der Waals surface area contributed by atoms with Crippen molar-refractivity contribution in [3.05, 3.63) is 88.6 Å². The van der Waals surface area contributed by atoms with Crippen LogP contribution in [-0.4, -0.2) is 51.3 Å². The van der Waals surface area contributed by atoms with E-state index in [1.807, 2.05) is 68.4 Å². The van der Waals surface area contributed by atoms with Crippen molar-refractivity contribution in [1.82, 2.24) is 24.6 Å². The van der Waals surface area contributed by atoms with E-state index < -0.39 is 0 Å². The first-order valence-electron chi connectivity index (χ1n) is 11.7. The van der Waals surface area contributed by atoms with Crippen LogP contribution in [0.2, 0.25) is 0 Å². The largest absolute Gasteiger partial charge is 0.353 e. The molecule has 1 atom stereocenters. The van der Waals surface area contributed by atoms with Gasteiger partial charge in [-0.05, 0) is 49.1 Å². The third-order valence-electron chi connectivity index (χ3n) is 6.11. The Morgan fingerprint density at radius 3 is 2.44 bits per heavy atom. The van der Waals surface area contributed by atoms with Gasteiger partial charge >= 0.3 is 5.69 Å². The second-order valence-electron chi connectivity index (χ2n) is 8.74. The maximum atomic E-state index is 12.9. The number of amides is 1. The third-order valence-corrected chi connectivity index (χ3v) is 6.11. The molecule has 0 spiro atoms. The summed E-state index contributed by atoms with van der Waals surface area (Å²) >= 11 is 0. The van der Waals surface area contributed by atoms with Gasteiger partial charge in [-0.1, -0.05) is 48.5 Å². The van der Waals surface area contributed by atoms with Crippen LogP contribution in [0.5, 0.6) is 0 Å². The summed E-state index contributed by atoms with van der Waals surface area (Å²) in [6.07, 6.45) is 4.58. The van der Waals surface area contributed by atoms with Gasteiger partial charge in [-0.25, -0.2) is 14.0 Å². The van der Waals surface area contributed by atoms with E-state index in [0.717, 1.165) is 29.8 Å². The maximum absolute atomic E-state index is 12.9. The van der Waals surface area contributed by atoms with Gasteiger partial charge in [-0.3, -0.25) is 9.69 Å². The van der Waals surface area contributed by atoms with Gasteiger partial charge in [-0.2, -0.15) is 5.10 Å². The van der Waals surface area contributed by atoms with E-state index in [9.17, 15) is 9.59 Å². The van der Waals surface area contributed by atoms with Gasteiger partial charge in [0, 0.05) is 26.2 Å². The molecule has 0 aliphatic carbocycles. The fraction of sp³-hybridized carbons (Fsp3) is 0.346. The lowest BCUT2D eigenvalue weighted by molar-refractivity contribution is -0.126. The number of carbonyl (C=O) groups excluding carboxylic acids is 1. The SMILES string of the molecule is CC(C)n1ncn(-c2ccc(C3=CCN(C(C(=O)NCCN)c4ccccc4)CC3)cc2)c1=O. The summed E-state index contributed by atoms with van der Waals surface area (Å²) in [6.45, 7) is 6.19. The standard InChI is InChI=1S/C26H32N6O2/c1-19(2)32-26(34)31(18-29-32)23-10-8-20(9-11-23)21-12-16-30(17-13-21)24(25(33)28-15-14-27)22-6-4-3-5-7-22/h3-12,18-19,24H,13-17,27H2,1-2H3,(H,28,33). The number of hydrogen-bond donors (Lipinski definition) is 2. The van der Waals surface area contributed by atoms with Gasteiger partial charge < -0.3 is 11.1 Å². The number of rotatable bonds is 8. The molecule has 0 bridgehead atoms. The molecule has 1 aliphatic rings. The van der Waals surface area contributed by atoms with Crippen LogP contribution in [-0.2, 0) is 4.79 Å². The van der Waals surface area contributed by atoms with Crippen molar-refractivity contribution in [2.24, 2.45) is 5.73 Å². The third kappa shape index (κ3) is 5.03. The number of hydrogen-bond acceptors (Lipinski definition) is 5. The molecule has 3 N–H and O–H groups in total. The summed E-state index contributed by atoms with van der Waals surface area (Å²) in [5.41, 5.74) is 9.57. The molecule has 1 amide bonds. The second-order valence-corrected chi connectivity index (χ2v) is 8.74. The molecule has 34 heavy (non-hydrogen) atoms. The van der Waals surface area contributed by atoms with Crippen LogP contribution in [0.4, 0.5) is 0 Å². The molecule has 3 aromatic rings. The summed E-state index contributed by atoms with van der Waals surface area (Å²) in [4.78, 5) is 27.7. The monoisotopic (exact) mass is 460 g/mol. The molecular formula is C26H32N6O2. The van der Waals surface area contributed by atoms with E-state index in [1.54, 1.807) is 10.9 Å². The van der Waals surface area contributed by atoms with Crippen LogP contribution < -0.4 is 16.7 Å². The zero-order chi connectivity index (χ0) is 24.1. The predicted octanol–water partition coefficient (Wildman–Crippen LogP) is 2.52. The van der Waals surface area contributed by atoms with E-state index in [0.29, 0.717) is 19.6 Å². The lowest BCUT2D eigenvalue weighted by Gasteiger charge is -2.33. The van der Waals surface area contributed by atoms with Gasteiger partial charge in [0.1, 0.15) is 12.4 Å². The smallest absolute Gasteiger partial charge is 0.350 e. The molecule has 1 unspecified atom stereocenters. The van der Waals surface area contributed by atoms with Crippen LogP contribution in [0.25, 0.3) is 11.3 Å². The Labute approximate surface area is 199 Å². The summed E-state index contributed by atoms with van der Waals surface area (Å²) in [6, 6.07) is 17.5. The van der Waals surface area contributed by atoms with Crippen LogP contribution in [0, 0.1) is 0 Å². The lowest BCUT2D eigenvalue weighted by Crippen LogP contribution is -2.43. The maximum Gasteiger partial charge on any atom is 0.350 e. The highest BCUT2D eigenvalue weighted by atomic mass is 16.2. The molecule has 0 saturated carbocycles. The first kappa shape index (κ1) is 23.7. The molecule has 1 aliphatic heterocycles. The molecule has 2 aromatic carbocycles. The van der Waals surface area contributed by atoms with E-state index >= 15 is 0 Å². The lowest BCUT2D eigenvalue weighted by atomic mass is 9.96.